The molecule has 1 heterocycles. The number of non-ortho nitro benzene ring substituents is 1. The Hall–Kier alpha value is -3.36. The molecule has 0 spiro atoms. The third-order valence-corrected chi connectivity index (χ3v) is 4.25. The molecule has 26 heavy (non-hydrogen) atoms. The number of nitro benzene ring substituents is 2. The molecule has 136 valence electrons. The molecule has 1 aliphatic rings. The first-order valence-electron chi connectivity index (χ1n) is 7.69. The lowest BCUT2D eigenvalue weighted by Crippen LogP contribution is -2.30. The van der Waals surface area contributed by atoms with Crippen molar-refractivity contribution in [1.29, 1.82) is 0 Å². The number of ketones is 2. The van der Waals surface area contributed by atoms with E-state index >= 15 is 0 Å². The lowest BCUT2D eigenvalue weighted by atomic mass is 9.77. The molecule has 0 amide bonds. The van der Waals surface area contributed by atoms with Crippen LogP contribution < -0.4 is 5.32 Å². The molecule has 1 N–H and O–H groups in total. The second-order valence-electron chi connectivity index (χ2n) is 6.01. The summed E-state index contributed by atoms with van der Waals surface area (Å²) in [5.74, 6) is -1.66. The van der Waals surface area contributed by atoms with E-state index in [2.05, 4.69) is 5.32 Å². The number of nitrogens with one attached hydrogen (secondary N) is 1. The van der Waals surface area contributed by atoms with Crippen LogP contribution in [0.5, 0.6) is 0 Å². The average Bonchev–Trinajstić information content (AvgIpc) is 2.52. The summed E-state index contributed by atoms with van der Waals surface area (Å²) in [5.41, 5.74) is 0.524. The van der Waals surface area contributed by atoms with Crippen molar-refractivity contribution < 1.29 is 19.4 Å². The van der Waals surface area contributed by atoms with Gasteiger partial charge in [0, 0.05) is 34.2 Å². The number of nitrogens with zero attached hydrogens (tertiary/aromatic N) is 2. The molecule has 0 bridgehead atoms. The molecule has 0 aliphatic carbocycles. The highest BCUT2D eigenvalue weighted by Gasteiger charge is 2.37. The van der Waals surface area contributed by atoms with Crippen LogP contribution in [0.2, 0.25) is 0 Å². The summed E-state index contributed by atoms with van der Waals surface area (Å²) < 4.78 is 0. The summed E-state index contributed by atoms with van der Waals surface area (Å²) in [6.45, 7) is 5.90. The molecule has 0 saturated carbocycles. The van der Waals surface area contributed by atoms with E-state index in [0.29, 0.717) is 11.4 Å². The number of benzene rings is 1. The number of carbonyl (C=O) groups is 2. The Labute approximate surface area is 148 Å². The van der Waals surface area contributed by atoms with Gasteiger partial charge >= 0.3 is 0 Å². The van der Waals surface area contributed by atoms with Crippen LogP contribution in [0.1, 0.15) is 39.2 Å². The number of dihydropyridines is 1. The molecule has 0 fully saturated rings. The van der Waals surface area contributed by atoms with Crippen LogP contribution >= 0.6 is 0 Å². The fraction of sp³-hybridized carbons (Fsp3) is 0.294. The van der Waals surface area contributed by atoms with Gasteiger partial charge in [-0.05, 0) is 33.8 Å². The van der Waals surface area contributed by atoms with E-state index < -0.39 is 27.1 Å². The van der Waals surface area contributed by atoms with E-state index in [-0.39, 0.29) is 28.3 Å². The molecular weight excluding hydrogens is 342 g/mol. The summed E-state index contributed by atoms with van der Waals surface area (Å²) in [6.07, 6.45) is 0. The lowest BCUT2D eigenvalue weighted by molar-refractivity contribution is -0.394. The lowest BCUT2D eigenvalue weighted by Gasteiger charge is -2.30. The van der Waals surface area contributed by atoms with Gasteiger partial charge in [-0.2, -0.15) is 0 Å². The van der Waals surface area contributed by atoms with Gasteiger partial charge in [-0.15, -0.1) is 0 Å². The Bertz CT molecular complexity index is 877. The van der Waals surface area contributed by atoms with Crippen molar-refractivity contribution in [2.45, 2.75) is 33.6 Å². The normalized spacial score (nSPS) is 14.9. The Morgan fingerprint density at radius 1 is 0.962 bits per heavy atom. The minimum atomic E-state index is -0.965. The third kappa shape index (κ3) is 3.23. The predicted molar refractivity (Wildman–Crippen MR) is 92.4 cm³/mol. The van der Waals surface area contributed by atoms with Gasteiger partial charge in [0.1, 0.15) is 0 Å². The molecule has 0 saturated heterocycles. The van der Waals surface area contributed by atoms with E-state index in [4.69, 9.17) is 0 Å². The van der Waals surface area contributed by atoms with Gasteiger partial charge in [0.05, 0.1) is 21.8 Å². The van der Waals surface area contributed by atoms with Crippen LogP contribution in [0, 0.1) is 20.2 Å². The van der Waals surface area contributed by atoms with Gasteiger partial charge in [0.15, 0.2) is 11.6 Å². The number of Topliss-reactive ketones (excluding diaryl/α,β-unsaturated/α-hetero) is 2. The zero-order chi connectivity index (χ0) is 19.8. The first-order chi connectivity index (χ1) is 12.1. The van der Waals surface area contributed by atoms with Gasteiger partial charge in [-0.3, -0.25) is 29.8 Å². The molecule has 0 unspecified atom stereocenters. The molecule has 9 heteroatoms. The fourth-order valence-electron chi connectivity index (χ4n) is 3.29. The highest BCUT2D eigenvalue weighted by atomic mass is 16.6. The number of nitro groups is 2. The molecule has 0 aromatic heterocycles. The van der Waals surface area contributed by atoms with Crippen LogP contribution in [0.25, 0.3) is 0 Å². The molecule has 0 atom stereocenters. The molecule has 1 aliphatic heterocycles. The third-order valence-electron chi connectivity index (χ3n) is 4.25. The smallest absolute Gasteiger partial charge is 0.280 e. The number of hydrogen-bond acceptors (Lipinski definition) is 7. The fourth-order valence-corrected chi connectivity index (χ4v) is 3.29. The summed E-state index contributed by atoms with van der Waals surface area (Å²) in [4.78, 5) is 45.4. The van der Waals surface area contributed by atoms with Crippen molar-refractivity contribution >= 4 is 22.9 Å². The first kappa shape index (κ1) is 19.0. The largest absolute Gasteiger partial charge is 0.362 e. The Balaban J connectivity index is 2.85. The standard InChI is InChI=1S/C17H17N3O6/c1-8-15(10(3)21)17(16(11(4)22)9(2)18-8)13-6-5-12(19(23)24)7-14(13)20(25)26/h5-7,17-18H,1-4H3. The SMILES string of the molecule is CC(=O)C1=C(C)NC(C)=C(C(C)=O)C1c1ccc([N+](=O)[O-])cc1[N+](=O)[O-]. The van der Waals surface area contributed by atoms with Gasteiger partial charge in [0.2, 0.25) is 0 Å². The minimum Gasteiger partial charge on any atom is -0.362 e. The minimum absolute atomic E-state index is 0.0659. The number of rotatable bonds is 5. The van der Waals surface area contributed by atoms with Crippen molar-refractivity contribution in [3.8, 4) is 0 Å². The van der Waals surface area contributed by atoms with Crippen LogP contribution in [0.4, 0.5) is 11.4 Å². The first-order valence-corrected chi connectivity index (χ1v) is 7.69. The number of hydrogen-bond donors (Lipinski definition) is 1. The molecule has 1 aromatic carbocycles. The van der Waals surface area contributed by atoms with Crippen molar-refractivity contribution in [1.82, 2.24) is 5.32 Å². The quantitative estimate of drug-likeness (QED) is 0.631. The molecule has 1 aromatic rings. The number of allylic oxidation sites excluding steroid dienone is 4. The van der Waals surface area contributed by atoms with E-state index in [1.54, 1.807) is 13.8 Å². The van der Waals surface area contributed by atoms with Crippen molar-refractivity contribution in [3.05, 3.63) is 66.5 Å². The van der Waals surface area contributed by atoms with Crippen molar-refractivity contribution in [3.63, 3.8) is 0 Å². The topological polar surface area (TPSA) is 132 Å². The van der Waals surface area contributed by atoms with Gasteiger partial charge in [-0.1, -0.05) is 0 Å². The van der Waals surface area contributed by atoms with Crippen LogP contribution in [-0.2, 0) is 9.59 Å². The van der Waals surface area contributed by atoms with Crippen LogP contribution in [0.15, 0.2) is 40.7 Å². The summed E-state index contributed by atoms with van der Waals surface area (Å²) >= 11 is 0. The van der Waals surface area contributed by atoms with Crippen molar-refractivity contribution in [2.24, 2.45) is 0 Å². The maximum Gasteiger partial charge on any atom is 0.280 e. The van der Waals surface area contributed by atoms with E-state index in [1.165, 1.54) is 19.9 Å². The van der Waals surface area contributed by atoms with E-state index in [9.17, 15) is 29.8 Å². The maximum atomic E-state index is 12.2. The van der Waals surface area contributed by atoms with Crippen LogP contribution in [-0.4, -0.2) is 21.4 Å². The predicted octanol–water partition coefficient (Wildman–Crippen LogP) is 2.92. The summed E-state index contributed by atoms with van der Waals surface area (Å²) in [7, 11) is 0. The zero-order valence-corrected chi connectivity index (χ0v) is 14.7. The molecule has 2 rings (SSSR count). The highest BCUT2D eigenvalue weighted by molar-refractivity contribution is 6.04. The Morgan fingerprint density at radius 2 is 1.46 bits per heavy atom. The summed E-state index contributed by atoms with van der Waals surface area (Å²) in [6, 6.07) is 3.21. The molecule has 0 radical (unpaired) electrons. The highest BCUT2D eigenvalue weighted by Crippen LogP contribution is 2.43. The maximum absolute atomic E-state index is 12.2. The monoisotopic (exact) mass is 359 g/mol. The van der Waals surface area contributed by atoms with Gasteiger partial charge in [0.25, 0.3) is 11.4 Å². The van der Waals surface area contributed by atoms with E-state index in [0.717, 1.165) is 12.1 Å². The zero-order valence-electron chi connectivity index (χ0n) is 14.7. The Kier molecular flexibility index (Phi) is 5.01. The average molecular weight is 359 g/mol. The van der Waals surface area contributed by atoms with Crippen LogP contribution in [0.3, 0.4) is 0 Å². The second kappa shape index (κ2) is 6.87. The van der Waals surface area contributed by atoms with E-state index in [1.807, 2.05) is 0 Å². The Morgan fingerprint density at radius 3 is 1.85 bits per heavy atom. The van der Waals surface area contributed by atoms with Gasteiger partial charge < -0.3 is 5.32 Å². The van der Waals surface area contributed by atoms with Crippen molar-refractivity contribution in [2.75, 3.05) is 0 Å². The van der Waals surface area contributed by atoms with Gasteiger partial charge in [-0.25, -0.2) is 0 Å². The second-order valence-corrected chi connectivity index (χ2v) is 6.01. The molecular formula is C17H17N3O6. The number of carbonyl (C=O) groups excluding carboxylic acids is 2. The molecule has 9 nitrogen and oxygen atoms in total. The summed E-state index contributed by atoms with van der Waals surface area (Å²) in [5, 5.41) is 25.4.